The quantitative estimate of drug-likeness (QED) is 0.116. The fraction of sp³-hybridized carbons (Fsp3) is 0.367. The first-order valence-corrected chi connectivity index (χ1v) is 13.0. The number of nitrogens with zero attached hydrogens (tertiary/aromatic N) is 2. The number of aromatic nitrogens is 1. The van der Waals surface area contributed by atoms with Gasteiger partial charge in [-0.15, -0.1) is 0 Å². The van der Waals surface area contributed by atoms with E-state index in [1.807, 2.05) is 0 Å². The van der Waals surface area contributed by atoms with Crippen molar-refractivity contribution in [3.8, 4) is 5.75 Å². The van der Waals surface area contributed by atoms with Gasteiger partial charge in [0.05, 0.1) is 18.0 Å². The summed E-state index contributed by atoms with van der Waals surface area (Å²) >= 11 is 0. The Morgan fingerprint density at radius 3 is 2.41 bits per heavy atom. The molecule has 0 saturated carbocycles. The molecule has 0 radical (unpaired) electrons. The van der Waals surface area contributed by atoms with Crippen molar-refractivity contribution in [3.63, 3.8) is 0 Å². The largest absolute Gasteiger partial charge is 0.510 e. The third kappa shape index (κ3) is 6.06. The van der Waals surface area contributed by atoms with Gasteiger partial charge in [-0.05, 0) is 82.1 Å². The first-order chi connectivity index (χ1) is 19.3. The number of rotatable bonds is 11. The summed E-state index contributed by atoms with van der Waals surface area (Å²) in [5, 5.41) is 43.9. The van der Waals surface area contributed by atoms with Gasteiger partial charge >= 0.3 is 0 Å². The van der Waals surface area contributed by atoms with Crippen LogP contribution in [0.5, 0.6) is 5.75 Å². The summed E-state index contributed by atoms with van der Waals surface area (Å²) in [5.74, 6) is -4.80. The number of hydrogen-bond acceptors (Lipinski definition) is 10. The third-order valence-electron chi connectivity index (χ3n) is 7.86. The number of benzene rings is 1. The Kier molecular flexibility index (Phi) is 9.46. The number of carbonyl (C=O) groups excluding carboxylic acids is 4. The van der Waals surface area contributed by atoms with E-state index in [-0.39, 0.29) is 53.8 Å². The maximum absolute atomic E-state index is 13.4. The van der Waals surface area contributed by atoms with Crippen LogP contribution in [0, 0.1) is 18.8 Å². The zero-order valence-corrected chi connectivity index (χ0v) is 23.4. The number of likely N-dealkylation sites (N-methyl/N-ethyl adjacent to an activating group) is 1. The SMILES string of the molecule is C/C(C(N)=O)=C(/O)[C@H]([C@@H]1C[C@H](Cc2c(C(=O)Cc3ccccn3)ccc(O)c2C)C(C=O)=C(O)[C@]1(O)C=O)N(C)C. The molecule has 0 aliphatic heterocycles. The smallest absolute Gasteiger partial charge is 0.247 e. The summed E-state index contributed by atoms with van der Waals surface area (Å²) in [5.41, 5.74) is 3.92. The minimum Gasteiger partial charge on any atom is -0.510 e. The van der Waals surface area contributed by atoms with Gasteiger partial charge < -0.3 is 26.2 Å². The maximum Gasteiger partial charge on any atom is 0.247 e. The van der Waals surface area contributed by atoms with Crippen LogP contribution >= 0.6 is 0 Å². The number of ketones is 1. The number of carbonyl (C=O) groups is 4. The van der Waals surface area contributed by atoms with Crippen LogP contribution in [0.3, 0.4) is 0 Å². The molecule has 0 fully saturated rings. The van der Waals surface area contributed by atoms with Gasteiger partial charge in [-0.3, -0.25) is 29.1 Å². The zero-order valence-electron chi connectivity index (χ0n) is 23.4. The standard InChI is InChI=1S/C30H35N3O8/c1-16-21(20(8-9-24(16)36)25(37)13-19-7-5-6-10-32-19)11-18-12-23(30(41,15-35)28(39)22(18)14-34)26(33(3)4)27(38)17(2)29(31)40/h5-10,14-15,18,23,26,36,38-39,41H,11-13H2,1-4H3,(H2,31,40)/b27-17-/t18-,23-,26-,30-/m0/s1. The highest BCUT2D eigenvalue weighted by Gasteiger charge is 2.53. The molecule has 11 nitrogen and oxygen atoms in total. The number of hydrogen-bond donors (Lipinski definition) is 5. The van der Waals surface area contributed by atoms with Crippen LogP contribution in [0.4, 0.5) is 0 Å². The van der Waals surface area contributed by atoms with Crippen molar-refractivity contribution in [3.05, 3.63) is 81.6 Å². The molecule has 0 saturated heterocycles. The van der Waals surface area contributed by atoms with E-state index in [1.54, 1.807) is 45.4 Å². The van der Waals surface area contributed by atoms with Crippen molar-refractivity contribution in [2.45, 2.75) is 44.8 Å². The zero-order chi connectivity index (χ0) is 30.6. The molecular weight excluding hydrogens is 530 g/mol. The first kappa shape index (κ1) is 31.2. The normalized spacial score (nSPS) is 22.2. The fourth-order valence-electron chi connectivity index (χ4n) is 5.49. The molecule has 1 aliphatic carbocycles. The maximum atomic E-state index is 13.4. The number of amides is 1. The Morgan fingerprint density at radius 2 is 1.88 bits per heavy atom. The van der Waals surface area contributed by atoms with Gasteiger partial charge in [0.25, 0.3) is 0 Å². The van der Waals surface area contributed by atoms with E-state index in [4.69, 9.17) is 5.73 Å². The number of aliphatic hydroxyl groups is 3. The molecule has 0 unspecified atom stereocenters. The number of Topliss-reactive ketones (excluding diaryl/α,β-unsaturated/α-hetero) is 1. The molecule has 0 bridgehead atoms. The Bertz CT molecular complexity index is 1420. The monoisotopic (exact) mass is 565 g/mol. The number of nitrogens with two attached hydrogens (primary N) is 1. The molecule has 1 heterocycles. The summed E-state index contributed by atoms with van der Waals surface area (Å²) in [7, 11) is 3.08. The lowest BCUT2D eigenvalue weighted by Crippen LogP contribution is -2.56. The van der Waals surface area contributed by atoms with Gasteiger partial charge in [0.2, 0.25) is 5.91 Å². The summed E-state index contributed by atoms with van der Waals surface area (Å²) < 4.78 is 0. The molecule has 3 rings (SSSR count). The Labute approximate surface area is 237 Å². The Balaban J connectivity index is 2.16. The number of pyridine rings is 1. The van der Waals surface area contributed by atoms with Gasteiger partial charge in [0, 0.05) is 28.9 Å². The number of primary amides is 1. The van der Waals surface area contributed by atoms with Crippen molar-refractivity contribution >= 4 is 24.3 Å². The molecule has 1 aromatic heterocycles. The second-order valence-electron chi connectivity index (χ2n) is 10.5. The Morgan fingerprint density at radius 1 is 1.20 bits per heavy atom. The first-order valence-electron chi connectivity index (χ1n) is 13.0. The molecule has 41 heavy (non-hydrogen) atoms. The molecule has 1 aliphatic rings. The number of allylic oxidation sites excluding steroid dienone is 1. The lowest BCUT2D eigenvalue weighted by molar-refractivity contribution is -0.134. The molecule has 1 aromatic carbocycles. The minimum absolute atomic E-state index is 0.0222. The highest BCUT2D eigenvalue weighted by atomic mass is 16.3. The van der Waals surface area contributed by atoms with Gasteiger partial charge in [-0.2, -0.15) is 0 Å². The second-order valence-corrected chi connectivity index (χ2v) is 10.5. The van der Waals surface area contributed by atoms with E-state index < -0.39 is 40.9 Å². The van der Waals surface area contributed by atoms with Crippen LogP contribution in [-0.4, -0.2) is 80.3 Å². The number of phenolic OH excluding ortho intramolecular Hbond substituents is 1. The highest BCUT2D eigenvalue weighted by Crippen LogP contribution is 2.45. The lowest BCUT2D eigenvalue weighted by atomic mass is 9.66. The van der Waals surface area contributed by atoms with Gasteiger partial charge in [-0.1, -0.05) is 6.07 Å². The number of aromatic hydroxyl groups is 1. The lowest BCUT2D eigenvalue weighted by Gasteiger charge is -2.45. The average molecular weight is 566 g/mol. The van der Waals surface area contributed by atoms with E-state index in [2.05, 4.69) is 4.98 Å². The van der Waals surface area contributed by atoms with Crippen LogP contribution in [-0.2, 0) is 27.2 Å². The molecular formula is C30H35N3O8. The van der Waals surface area contributed by atoms with Crippen molar-refractivity contribution in [2.75, 3.05) is 14.1 Å². The van der Waals surface area contributed by atoms with Gasteiger partial charge in [-0.25, -0.2) is 0 Å². The van der Waals surface area contributed by atoms with Gasteiger partial charge in [0.1, 0.15) is 23.6 Å². The van der Waals surface area contributed by atoms with Crippen LogP contribution < -0.4 is 5.73 Å². The van der Waals surface area contributed by atoms with Crippen molar-refractivity contribution in [1.82, 2.24) is 9.88 Å². The molecule has 218 valence electrons. The summed E-state index contributed by atoms with van der Waals surface area (Å²) in [4.78, 5) is 55.3. The van der Waals surface area contributed by atoms with E-state index in [0.29, 0.717) is 23.1 Å². The van der Waals surface area contributed by atoms with Crippen molar-refractivity contribution in [2.24, 2.45) is 17.6 Å². The number of aldehydes is 2. The summed E-state index contributed by atoms with van der Waals surface area (Å²) in [6.45, 7) is 2.90. The summed E-state index contributed by atoms with van der Waals surface area (Å²) in [6.07, 6.45) is 1.81. The van der Waals surface area contributed by atoms with E-state index in [1.165, 1.54) is 24.0 Å². The van der Waals surface area contributed by atoms with Crippen LogP contribution in [0.1, 0.15) is 40.5 Å². The van der Waals surface area contributed by atoms with E-state index >= 15 is 0 Å². The molecule has 2 aromatic rings. The van der Waals surface area contributed by atoms with Crippen LogP contribution in [0.25, 0.3) is 0 Å². The molecule has 6 N–H and O–H groups in total. The summed E-state index contributed by atoms with van der Waals surface area (Å²) in [6, 6.07) is 6.88. The van der Waals surface area contributed by atoms with Gasteiger partial charge in [0.15, 0.2) is 17.7 Å². The predicted molar refractivity (Wildman–Crippen MR) is 149 cm³/mol. The van der Waals surface area contributed by atoms with E-state index in [0.717, 1.165) is 0 Å². The minimum atomic E-state index is -2.58. The molecule has 4 atom stereocenters. The van der Waals surface area contributed by atoms with Crippen LogP contribution in [0.2, 0.25) is 0 Å². The van der Waals surface area contributed by atoms with Crippen molar-refractivity contribution in [1.29, 1.82) is 0 Å². The topological polar surface area (TPSA) is 191 Å². The molecule has 1 amide bonds. The van der Waals surface area contributed by atoms with Crippen molar-refractivity contribution < 1.29 is 39.6 Å². The second kappa shape index (κ2) is 12.4. The average Bonchev–Trinajstić information content (AvgIpc) is 2.93. The number of phenols is 1. The fourth-order valence-corrected chi connectivity index (χ4v) is 5.49. The third-order valence-corrected chi connectivity index (χ3v) is 7.86. The molecule has 0 spiro atoms. The van der Waals surface area contributed by atoms with Crippen LogP contribution in [0.15, 0.2) is 59.2 Å². The Hall–Kier alpha value is -4.35. The highest BCUT2D eigenvalue weighted by molar-refractivity contribution is 5.99. The van der Waals surface area contributed by atoms with E-state index in [9.17, 15) is 39.6 Å². The predicted octanol–water partition coefficient (Wildman–Crippen LogP) is 1.89. The number of aliphatic hydroxyl groups excluding tert-OH is 2. The molecule has 11 heteroatoms.